The predicted molar refractivity (Wildman–Crippen MR) is 78.8 cm³/mol. The molecule has 1 amide bonds. The van der Waals surface area contributed by atoms with Gasteiger partial charge in [-0.2, -0.15) is 0 Å². The maximum absolute atomic E-state index is 12.6. The van der Waals surface area contributed by atoms with Gasteiger partial charge in [-0.05, 0) is 49.8 Å². The Balaban J connectivity index is 2.09. The molecule has 2 N–H and O–H groups in total. The predicted octanol–water partition coefficient (Wildman–Crippen LogP) is 2.66. The van der Waals surface area contributed by atoms with Gasteiger partial charge >= 0.3 is 0 Å². The van der Waals surface area contributed by atoms with Crippen molar-refractivity contribution in [3.05, 3.63) is 29.8 Å². The Morgan fingerprint density at radius 1 is 1.37 bits per heavy atom. The molecule has 1 saturated carbocycles. The van der Waals surface area contributed by atoms with E-state index < -0.39 is 5.41 Å². The third-order valence-corrected chi connectivity index (χ3v) is 4.30. The summed E-state index contributed by atoms with van der Waals surface area (Å²) in [5, 5.41) is 0. The minimum Gasteiger partial charge on any atom is -0.399 e. The zero-order chi connectivity index (χ0) is 14.2. The summed E-state index contributed by atoms with van der Waals surface area (Å²) in [4.78, 5) is 14.5. The van der Waals surface area contributed by atoms with Gasteiger partial charge in [-0.3, -0.25) is 4.79 Å². The number of rotatable bonds is 4. The van der Waals surface area contributed by atoms with Crippen molar-refractivity contribution in [2.75, 3.05) is 19.3 Å². The van der Waals surface area contributed by atoms with Crippen LogP contribution in [-0.2, 0) is 10.2 Å². The zero-order valence-electron chi connectivity index (χ0n) is 12.3. The van der Waals surface area contributed by atoms with Gasteiger partial charge in [0.05, 0.1) is 5.41 Å². The molecule has 3 nitrogen and oxygen atoms in total. The van der Waals surface area contributed by atoms with Crippen LogP contribution in [0.1, 0.15) is 32.8 Å². The fraction of sp³-hybridized carbons (Fsp3) is 0.562. The molecule has 0 aromatic heterocycles. The molecule has 2 unspecified atom stereocenters. The molecular weight excluding hydrogens is 236 g/mol. The molecule has 0 radical (unpaired) electrons. The van der Waals surface area contributed by atoms with E-state index in [0.717, 1.165) is 23.7 Å². The Morgan fingerprint density at radius 3 is 2.37 bits per heavy atom. The molecule has 0 bridgehead atoms. The van der Waals surface area contributed by atoms with Gasteiger partial charge in [0.15, 0.2) is 0 Å². The fourth-order valence-electron chi connectivity index (χ4n) is 2.59. The van der Waals surface area contributed by atoms with Gasteiger partial charge in [0, 0.05) is 19.3 Å². The van der Waals surface area contributed by atoms with Crippen LogP contribution < -0.4 is 5.73 Å². The SMILES string of the molecule is CC1CC1CN(C)C(=O)C(C)(C)c1ccc(N)cc1. The van der Waals surface area contributed by atoms with E-state index in [0.29, 0.717) is 5.92 Å². The first-order valence-electron chi connectivity index (χ1n) is 6.94. The first-order chi connectivity index (χ1) is 8.82. The lowest BCUT2D eigenvalue weighted by Crippen LogP contribution is -2.42. The molecule has 3 heteroatoms. The fourth-order valence-corrected chi connectivity index (χ4v) is 2.59. The quantitative estimate of drug-likeness (QED) is 0.846. The summed E-state index contributed by atoms with van der Waals surface area (Å²) in [5.41, 5.74) is 6.95. The second kappa shape index (κ2) is 4.87. The Labute approximate surface area is 115 Å². The Bertz CT molecular complexity index is 464. The maximum Gasteiger partial charge on any atom is 0.232 e. The van der Waals surface area contributed by atoms with Gasteiger partial charge in [0.1, 0.15) is 0 Å². The molecule has 1 aliphatic rings. The van der Waals surface area contributed by atoms with Crippen LogP contribution in [0.25, 0.3) is 0 Å². The van der Waals surface area contributed by atoms with Crippen LogP contribution in [-0.4, -0.2) is 24.4 Å². The highest BCUT2D eigenvalue weighted by Crippen LogP contribution is 2.38. The number of carbonyl (C=O) groups is 1. The largest absolute Gasteiger partial charge is 0.399 e. The topological polar surface area (TPSA) is 46.3 Å². The van der Waals surface area contributed by atoms with Crippen molar-refractivity contribution in [1.29, 1.82) is 0 Å². The normalized spacial score (nSPS) is 22.1. The lowest BCUT2D eigenvalue weighted by atomic mass is 9.83. The van der Waals surface area contributed by atoms with Gasteiger partial charge < -0.3 is 10.6 Å². The minimum absolute atomic E-state index is 0.177. The molecule has 1 aromatic carbocycles. The van der Waals surface area contributed by atoms with Gasteiger partial charge in [-0.15, -0.1) is 0 Å². The van der Waals surface area contributed by atoms with Crippen molar-refractivity contribution < 1.29 is 4.79 Å². The molecule has 2 rings (SSSR count). The lowest BCUT2D eigenvalue weighted by Gasteiger charge is -2.30. The average Bonchev–Trinajstić information content (AvgIpc) is 3.04. The average molecular weight is 260 g/mol. The molecule has 19 heavy (non-hydrogen) atoms. The van der Waals surface area contributed by atoms with Crippen molar-refractivity contribution >= 4 is 11.6 Å². The van der Waals surface area contributed by atoms with Gasteiger partial charge in [-0.1, -0.05) is 19.1 Å². The summed E-state index contributed by atoms with van der Waals surface area (Å²) in [6.07, 6.45) is 1.25. The summed E-state index contributed by atoms with van der Waals surface area (Å²) in [7, 11) is 1.91. The second-order valence-electron chi connectivity index (χ2n) is 6.41. The summed E-state index contributed by atoms with van der Waals surface area (Å²) in [6.45, 7) is 7.08. The number of nitrogens with two attached hydrogens (primary N) is 1. The van der Waals surface area contributed by atoms with Crippen molar-refractivity contribution in [3.63, 3.8) is 0 Å². The number of benzene rings is 1. The van der Waals surface area contributed by atoms with Gasteiger partial charge in [0.25, 0.3) is 0 Å². The number of hydrogen-bond acceptors (Lipinski definition) is 2. The van der Waals surface area contributed by atoms with Crippen molar-refractivity contribution in [1.82, 2.24) is 4.90 Å². The van der Waals surface area contributed by atoms with Crippen LogP contribution in [0.4, 0.5) is 5.69 Å². The standard InChI is InChI=1S/C16H24N2O/c1-11-9-12(11)10-18(4)15(19)16(2,3)13-5-7-14(17)8-6-13/h5-8,11-12H,9-10,17H2,1-4H3. The summed E-state index contributed by atoms with van der Waals surface area (Å²) in [5.74, 6) is 1.64. The maximum atomic E-state index is 12.6. The van der Waals surface area contributed by atoms with E-state index in [1.165, 1.54) is 6.42 Å². The van der Waals surface area contributed by atoms with Gasteiger partial charge in [0.2, 0.25) is 5.91 Å². The number of hydrogen-bond donors (Lipinski definition) is 1. The van der Waals surface area contributed by atoms with Crippen LogP contribution >= 0.6 is 0 Å². The molecule has 104 valence electrons. The monoisotopic (exact) mass is 260 g/mol. The smallest absolute Gasteiger partial charge is 0.232 e. The summed E-state index contributed by atoms with van der Waals surface area (Å²) >= 11 is 0. The minimum atomic E-state index is -0.499. The second-order valence-corrected chi connectivity index (χ2v) is 6.41. The molecule has 1 aliphatic carbocycles. The van der Waals surface area contributed by atoms with E-state index in [1.54, 1.807) is 0 Å². The number of anilines is 1. The van der Waals surface area contributed by atoms with E-state index in [2.05, 4.69) is 6.92 Å². The number of nitrogens with zero attached hydrogens (tertiary/aromatic N) is 1. The number of carbonyl (C=O) groups excluding carboxylic acids is 1. The van der Waals surface area contributed by atoms with E-state index in [4.69, 9.17) is 5.73 Å². The number of nitrogen functional groups attached to an aromatic ring is 1. The molecule has 1 fully saturated rings. The zero-order valence-corrected chi connectivity index (χ0v) is 12.3. The van der Waals surface area contributed by atoms with Crippen LogP contribution in [0.15, 0.2) is 24.3 Å². The lowest BCUT2D eigenvalue weighted by molar-refractivity contribution is -0.135. The highest BCUT2D eigenvalue weighted by molar-refractivity contribution is 5.87. The van der Waals surface area contributed by atoms with Crippen LogP contribution in [0.2, 0.25) is 0 Å². The highest BCUT2D eigenvalue weighted by Gasteiger charge is 2.38. The molecule has 2 atom stereocenters. The molecule has 1 aromatic rings. The van der Waals surface area contributed by atoms with Crippen LogP contribution in [0.3, 0.4) is 0 Å². The molecule has 0 heterocycles. The summed E-state index contributed by atoms with van der Waals surface area (Å²) < 4.78 is 0. The molecule has 0 spiro atoms. The van der Waals surface area contributed by atoms with E-state index in [1.807, 2.05) is 50.1 Å². The molecule has 0 saturated heterocycles. The third kappa shape index (κ3) is 2.91. The Hall–Kier alpha value is -1.51. The van der Waals surface area contributed by atoms with Gasteiger partial charge in [-0.25, -0.2) is 0 Å². The number of amides is 1. The Kier molecular flexibility index (Phi) is 3.57. The first-order valence-corrected chi connectivity index (χ1v) is 6.94. The van der Waals surface area contributed by atoms with E-state index >= 15 is 0 Å². The summed E-state index contributed by atoms with van der Waals surface area (Å²) in [6, 6.07) is 7.60. The van der Waals surface area contributed by atoms with Crippen molar-refractivity contribution in [2.45, 2.75) is 32.6 Å². The highest BCUT2D eigenvalue weighted by atomic mass is 16.2. The third-order valence-electron chi connectivity index (χ3n) is 4.30. The molecular formula is C16H24N2O. The van der Waals surface area contributed by atoms with Crippen molar-refractivity contribution in [2.24, 2.45) is 11.8 Å². The van der Waals surface area contributed by atoms with E-state index in [9.17, 15) is 4.79 Å². The van der Waals surface area contributed by atoms with E-state index in [-0.39, 0.29) is 5.91 Å². The van der Waals surface area contributed by atoms with Crippen LogP contribution in [0.5, 0.6) is 0 Å². The molecule has 0 aliphatic heterocycles. The van der Waals surface area contributed by atoms with Crippen LogP contribution in [0, 0.1) is 11.8 Å². The number of likely N-dealkylation sites (N-methyl/N-ethyl adjacent to an activating group) is 1. The first kappa shape index (κ1) is 13.9. The Morgan fingerprint density at radius 2 is 1.89 bits per heavy atom. The van der Waals surface area contributed by atoms with Crippen molar-refractivity contribution in [3.8, 4) is 0 Å².